The smallest absolute Gasteiger partial charge is 0.344 e. The number of rotatable bonds is 3. The number of esters is 1. The number of hydrogen-bond acceptors (Lipinski definition) is 4. The Morgan fingerprint density at radius 3 is 2.61 bits per heavy atom. The molecular weight excluding hydrogens is 292 g/mol. The molecule has 0 aliphatic rings. The van der Waals surface area contributed by atoms with Crippen molar-refractivity contribution in [1.82, 2.24) is 0 Å². The van der Waals surface area contributed by atoms with Crippen molar-refractivity contribution in [3.63, 3.8) is 0 Å². The van der Waals surface area contributed by atoms with E-state index in [1.807, 2.05) is 31.2 Å². The third-order valence-corrected chi connectivity index (χ3v) is 3.67. The molecule has 3 rings (SSSR count). The summed E-state index contributed by atoms with van der Waals surface area (Å²) in [5.74, 6) is -0.368. The third-order valence-electron chi connectivity index (χ3n) is 3.67. The Kier molecular flexibility index (Phi) is 3.98. The Bertz CT molecular complexity index is 937. The van der Waals surface area contributed by atoms with Crippen LogP contribution in [0.2, 0.25) is 0 Å². The van der Waals surface area contributed by atoms with Crippen LogP contribution >= 0.6 is 0 Å². The molecule has 1 heterocycles. The molecular formula is C19H16O4. The minimum Gasteiger partial charge on any atom is -0.462 e. The molecule has 0 aliphatic heterocycles. The van der Waals surface area contributed by atoms with Crippen LogP contribution in [0.3, 0.4) is 0 Å². The van der Waals surface area contributed by atoms with Gasteiger partial charge in [0.1, 0.15) is 5.58 Å². The van der Waals surface area contributed by atoms with Crippen molar-refractivity contribution >= 4 is 16.9 Å². The molecule has 0 amide bonds. The molecule has 2 aromatic carbocycles. The molecule has 3 aromatic rings. The van der Waals surface area contributed by atoms with Crippen molar-refractivity contribution in [1.29, 1.82) is 0 Å². The topological polar surface area (TPSA) is 56.5 Å². The lowest BCUT2D eigenvalue weighted by Gasteiger charge is -2.08. The molecule has 4 nitrogen and oxygen atoms in total. The quantitative estimate of drug-likeness (QED) is 0.543. The van der Waals surface area contributed by atoms with Crippen LogP contribution in [0.25, 0.3) is 22.1 Å². The predicted molar refractivity (Wildman–Crippen MR) is 88.6 cm³/mol. The average Bonchev–Trinajstić information content (AvgIpc) is 2.54. The Hall–Kier alpha value is -2.88. The molecule has 0 unspecified atom stereocenters. The summed E-state index contributed by atoms with van der Waals surface area (Å²) in [4.78, 5) is 24.0. The van der Waals surface area contributed by atoms with Gasteiger partial charge >= 0.3 is 11.6 Å². The first kappa shape index (κ1) is 15.0. The number of hydrogen-bond donors (Lipinski definition) is 0. The molecule has 0 spiro atoms. The van der Waals surface area contributed by atoms with E-state index in [-0.39, 0.29) is 5.97 Å². The second kappa shape index (κ2) is 6.08. The lowest BCUT2D eigenvalue weighted by atomic mass is 9.99. The van der Waals surface area contributed by atoms with Gasteiger partial charge in [-0.25, -0.2) is 9.59 Å². The van der Waals surface area contributed by atoms with Gasteiger partial charge in [-0.3, -0.25) is 0 Å². The van der Waals surface area contributed by atoms with Gasteiger partial charge < -0.3 is 9.15 Å². The van der Waals surface area contributed by atoms with Crippen LogP contribution in [-0.2, 0) is 4.74 Å². The Balaban J connectivity index is 2.10. The fourth-order valence-corrected chi connectivity index (χ4v) is 2.56. The molecule has 4 heteroatoms. The van der Waals surface area contributed by atoms with Crippen molar-refractivity contribution in [2.45, 2.75) is 13.8 Å². The fourth-order valence-electron chi connectivity index (χ4n) is 2.56. The van der Waals surface area contributed by atoms with Crippen LogP contribution in [0.1, 0.15) is 22.8 Å². The molecule has 1 aromatic heterocycles. The molecule has 0 atom stereocenters. The summed E-state index contributed by atoms with van der Waals surface area (Å²) in [5.41, 5.74) is 2.68. The van der Waals surface area contributed by atoms with Gasteiger partial charge in [-0.15, -0.1) is 0 Å². The molecule has 0 aliphatic carbocycles. The van der Waals surface area contributed by atoms with Crippen LogP contribution in [0.4, 0.5) is 0 Å². The standard InChI is InChI=1S/C19H16O4/c1-3-22-18(20)14-8-9-15(12(2)10-14)16-11-13-6-4-5-7-17(13)23-19(16)21/h4-11H,3H2,1-2H3. The van der Waals surface area contributed by atoms with E-state index in [0.29, 0.717) is 23.3 Å². The van der Waals surface area contributed by atoms with Gasteiger partial charge in [-0.1, -0.05) is 24.3 Å². The largest absolute Gasteiger partial charge is 0.462 e. The summed E-state index contributed by atoms with van der Waals surface area (Å²) in [5, 5.41) is 0.857. The summed E-state index contributed by atoms with van der Waals surface area (Å²) in [6, 6.07) is 14.3. The zero-order chi connectivity index (χ0) is 16.4. The zero-order valence-corrected chi connectivity index (χ0v) is 13.0. The van der Waals surface area contributed by atoms with Crippen LogP contribution < -0.4 is 5.63 Å². The minimum absolute atomic E-state index is 0.327. The van der Waals surface area contributed by atoms with Crippen molar-refractivity contribution in [2.24, 2.45) is 0 Å². The summed E-state index contributed by atoms with van der Waals surface area (Å²) in [6.07, 6.45) is 0. The van der Waals surface area contributed by atoms with Crippen LogP contribution in [0, 0.1) is 6.92 Å². The van der Waals surface area contributed by atoms with E-state index in [9.17, 15) is 9.59 Å². The van der Waals surface area contributed by atoms with Crippen LogP contribution in [0.15, 0.2) is 57.7 Å². The maximum atomic E-state index is 12.2. The summed E-state index contributed by atoms with van der Waals surface area (Å²) >= 11 is 0. The number of aryl methyl sites for hydroxylation is 1. The molecule has 0 saturated heterocycles. The lowest BCUT2D eigenvalue weighted by molar-refractivity contribution is 0.0526. The Morgan fingerprint density at radius 1 is 1.09 bits per heavy atom. The molecule has 0 radical (unpaired) electrons. The fraction of sp³-hybridized carbons (Fsp3) is 0.158. The first-order valence-electron chi connectivity index (χ1n) is 7.41. The van der Waals surface area contributed by atoms with E-state index >= 15 is 0 Å². The second-order valence-electron chi connectivity index (χ2n) is 5.24. The average molecular weight is 308 g/mol. The zero-order valence-electron chi connectivity index (χ0n) is 13.0. The van der Waals surface area contributed by atoms with E-state index in [4.69, 9.17) is 9.15 Å². The SMILES string of the molecule is CCOC(=O)c1ccc(-c2cc3ccccc3oc2=O)c(C)c1. The van der Waals surface area contributed by atoms with Gasteiger partial charge in [-0.2, -0.15) is 0 Å². The number of ether oxygens (including phenoxy) is 1. The lowest BCUT2D eigenvalue weighted by Crippen LogP contribution is -2.07. The highest BCUT2D eigenvalue weighted by Crippen LogP contribution is 2.25. The highest BCUT2D eigenvalue weighted by atomic mass is 16.5. The van der Waals surface area contributed by atoms with Gasteiger partial charge in [0.05, 0.1) is 17.7 Å². The number of para-hydroxylation sites is 1. The molecule has 0 saturated carbocycles. The highest BCUT2D eigenvalue weighted by Gasteiger charge is 2.13. The van der Waals surface area contributed by atoms with Gasteiger partial charge in [0.2, 0.25) is 0 Å². The van der Waals surface area contributed by atoms with Crippen LogP contribution in [-0.4, -0.2) is 12.6 Å². The van der Waals surface area contributed by atoms with E-state index in [1.54, 1.807) is 31.2 Å². The summed E-state index contributed by atoms with van der Waals surface area (Å²) < 4.78 is 10.4. The molecule has 116 valence electrons. The van der Waals surface area contributed by atoms with Gasteiger partial charge in [-0.05, 0) is 49.2 Å². The molecule has 0 bridgehead atoms. The monoisotopic (exact) mass is 308 g/mol. The minimum atomic E-state index is -0.393. The highest BCUT2D eigenvalue weighted by molar-refractivity contribution is 5.91. The van der Waals surface area contributed by atoms with Crippen molar-refractivity contribution < 1.29 is 13.9 Å². The molecule has 0 N–H and O–H groups in total. The van der Waals surface area contributed by atoms with Gasteiger partial charge in [0.15, 0.2) is 0 Å². The normalized spacial score (nSPS) is 10.7. The van der Waals surface area contributed by atoms with E-state index in [2.05, 4.69) is 0 Å². The third kappa shape index (κ3) is 2.88. The Labute approximate surface area is 133 Å². The predicted octanol–water partition coefficient (Wildman–Crippen LogP) is 3.95. The van der Waals surface area contributed by atoms with E-state index < -0.39 is 5.63 Å². The maximum Gasteiger partial charge on any atom is 0.344 e. The summed E-state index contributed by atoms with van der Waals surface area (Å²) in [6.45, 7) is 3.94. The van der Waals surface area contributed by atoms with E-state index in [1.165, 1.54) is 0 Å². The second-order valence-corrected chi connectivity index (χ2v) is 5.24. The molecule has 0 fully saturated rings. The number of carbonyl (C=O) groups excluding carboxylic acids is 1. The first-order valence-corrected chi connectivity index (χ1v) is 7.41. The Morgan fingerprint density at radius 2 is 1.87 bits per heavy atom. The van der Waals surface area contributed by atoms with Crippen LogP contribution in [0.5, 0.6) is 0 Å². The number of fused-ring (bicyclic) bond motifs is 1. The molecule has 23 heavy (non-hydrogen) atoms. The van der Waals surface area contributed by atoms with E-state index in [0.717, 1.165) is 16.5 Å². The van der Waals surface area contributed by atoms with Gasteiger partial charge in [0, 0.05) is 5.39 Å². The number of benzene rings is 2. The first-order chi connectivity index (χ1) is 11.1. The maximum absolute atomic E-state index is 12.2. The van der Waals surface area contributed by atoms with Crippen molar-refractivity contribution in [3.05, 3.63) is 70.1 Å². The van der Waals surface area contributed by atoms with Gasteiger partial charge in [0.25, 0.3) is 0 Å². The summed E-state index contributed by atoms with van der Waals surface area (Å²) in [7, 11) is 0. The van der Waals surface area contributed by atoms with Crippen molar-refractivity contribution in [3.8, 4) is 11.1 Å². The van der Waals surface area contributed by atoms with Crippen molar-refractivity contribution in [2.75, 3.05) is 6.61 Å². The number of carbonyl (C=O) groups is 1.